The Kier molecular flexibility index (Phi) is 6.16. The molecule has 1 aliphatic rings. The average molecular weight is 488 g/mol. The minimum absolute atomic E-state index is 0.140. The molecule has 0 aromatic heterocycles. The zero-order chi connectivity index (χ0) is 22.5. The van der Waals surface area contributed by atoms with Crippen LogP contribution in [0, 0.1) is 11.6 Å². The molecule has 1 saturated carbocycles. The summed E-state index contributed by atoms with van der Waals surface area (Å²) >= 11 is 3.78. The maximum atomic E-state index is 14.5. The topological polar surface area (TPSA) is 60.4 Å². The lowest BCUT2D eigenvalue weighted by molar-refractivity contribution is -0.0507. The van der Waals surface area contributed by atoms with Crippen LogP contribution in [0.5, 0.6) is 0 Å². The van der Waals surface area contributed by atoms with Crippen LogP contribution in [0.1, 0.15) is 18.4 Å². The lowest BCUT2D eigenvalue weighted by atomic mass is 9.74. The second-order valence-electron chi connectivity index (χ2n) is 6.87. The molecule has 12 heteroatoms. The zero-order valence-electron chi connectivity index (χ0n) is 15.3. The first-order valence-electron chi connectivity index (χ1n) is 8.47. The Labute approximate surface area is 177 Å². The van der Waals surface area contributed by atoms with Crippen molar-refractivity contribution in [3.05, 3.63) is 64.7 Å². The standard InChI is InChI=1S/C18H15ClF5NO3S2/c1-25(30(27,28)18(22,23)24)13-9-17(10-13,15-8-12(20)4-7-16(15)21)29(26)14-5-2-11(19)3-6-14/h2-8,13H,9-10H2,1H3. The number of halogens is 6. The van der Waals surface area contributed by atoms with Crippen molar-refractivity contribution < 1.29 is 34.9 Å². The fourth-order valence-electron chi connectivity index (χ4n) is 3.42. The molecule has 0 saturated heterocycles. The third-order valence-corrected chi connectivity index (χ3v) is 8.98. The van der Waals surface area contributed by atoms with Crippen LogP contribution in [0.25, 0.3) is 0 Å². The lowest BCUT2D eigenvalue weighted by Gasteiger charge is -2.49. The van der Waals surface area contributed by atoms with Crippen LogP contribution in [0.15, 0.2) is 47.4 Å². The van der Waals surface area contributed by atoms with Gasteiger partial charge in [0.05, 0.1) is 0 Å². The van der Waals surface area contributed by atoms with E-state index < -0.39 is 62.0 Å². The maximum Gasteiger partial charge on any atom is 0.511 e. The highest BCUT2D eigenvalue weighted by Gasteiger charge is 2.62. The molecule has 0 aliphatic heterocycles. The number of sulfonamides is 1. The van der Waals surface area contributed by atoms with E-state index in [-0.39, 0.29) is 14.8 Å². The molecule has 0 radical (unpaired) electrons. The second kappa shape index (κ2) is 7.94. The van der Waals surface area contributed by atoms with Gasteiger partial charge in [-0.15, -0.1) is 0 Å². The van der Waals surface area contributed by atoms with Crippen LogP contribution in [-0.4, -0.2) is 35.9 Å². The third-order valence-electron chi connectivity index (χ3n) is 5.12. The molecule has 0 bridgehead atoms. The Balaban J connectivity index is 2.02. The highest BCUT2D eigenvalue weighted by molar-refractivity contribution is 7.92. The van der Waals surface area contributed by atoms with Gasteiger partial charge < -0.3 is 4.55 Å². The summed E-state index contributed by atoms with van der Waals surface area (Å²) in [5.74, 6) is -1.71. The number of hydrogen-bond donors (Lipinski definition) is 0. The van der Waals surface area contributed by atoms with Crippen molar-refractivity contribution in [1.82, 2.24) is 4.31 Å². The van der Waals surface area contributed by atoms with Gasteiger partial charge in [0, 0.05) is 36.5 Å². The Bertz CT molecular complexity index is 1040. The molecule has 1 fully saturated rings. The second-order valence-corrected chi connectivity index (χ2v) is 11.1. The molecule has 0 heterocycles. The molecule has 2 aromatic rings. The first-order chi connectivity index (χ1) is 13.8. The van der Waals surface area contributed by atoms with E-state index in [1.807, 2.05) is 0 Å². The van der Waals surface area contributed by atoms with Crippen LogP contribution >= 0.6 is 11.6 Å². The fourth-order valence-corrected chi connectivity index (χ4v) is 6.29. The van der Waals surface area contributed by atoms with Crippen molar-refractivity contribution in [3.8, 4) is 0 Å². The molecular weight excluding hydrogens is 473 g/mol. The minimum Gasteiger partial charge on any atom is -0.611 e. The third kappa shape index (κ3) is 3.93. The summed E-state index contributed by atoms with van der Waals surface area (Å²) in [5, 5.41) is 0.337. The van der Waals surface area contributed by atoms with E-state index >= 15 is 0 Å². The molecule has 30 heavy (non-hydrogen) atoms. The maximum absolute atomic E-state index is 14.5. The van der Waals surface area contributed by atoms with E-state index in [2.05, 4.69) is 0 Å². The van der Waals surface area contributed by atoms with Gasteiger partial charge in [-0.25, -0.2) is 17.2 Å². The molecule has 2 aromatic carbocycles. The van der Waals surface area contributed by atoms with E-state index in [0.29, 0.717) is 5.02 Å². The van der Waals surface area contributed by atoms with Gasteiger partial charge in [-0.1, -0.05) is 11.6 Å². The van der Waals surface area contributed by atoms with Gasteiger partial charge in [0.25, 0.3) is 0 Å². The van der Waals surface area contributed by atoms with Crippen molar-refractivity contribution in [2.45, 2.75) is 34.0 Å². The van der Waals surface area contributed by atoms with E-state index in [1.54, 1.807) is 0 Å². The molecule has 1 aliphatic carbocycles. The largest absolute Gasteiger partial charge is 0.611 e. The predicted octanol–water partition coefficient (Wildman–Crippen LogP) is 4.57. The first-order valence-corrected chi connectivity index (χ1v) is 11.4. The zero-order valence-corrected chi connectivity index (χ0v) is 17.7. The summed E-state index contributed by atoms with van der Waals surface area (Å²) in [6.45, 7) is 0. The van der Waals surface area contributed by atoms with Crippen molar-refractivity contribution in [1.29, 1.82) is 0 Å². The van der Waals surface area contributed by atoms with Gasteiger partial charge in [-0.3, -0.25) is 0 Å². The molecule has 3 rings (SSSR count). The molecule has 4 nitrogen and oxygen atoms in total. The number of hydrogen-bond acceptors (Lipinski definition) is 3. The van der Waals surface area contributed by atoms with Gasteiger partial charge in [0.15, 0.2) is 9.64 Å². The smallest absolute Gasteiger partial charge is 0.511 e. The van der Waals surface area contributed by atoms with Crippen molar-refractivity contribution in [2.24, 2.45) is 0 Å². The summed E-state index contributed by atoms with van der Waals surface area (Å²) < 4.78 is 102. The molecule has 0 spiro atoms. The van der Waals surface area contributed by atoms with E-state index in [1.165, 1.54) is 24.3 Å². The van der Waals surface area contributed by atoms with Crippen molar-refractivity contribution in [2.75, 3.05) is 7.05 Å². The number of alkyl halides is 3. The summed E-state index contributed by atoms with van der Waals surface area (Å²) in [5.41, 5.74) is -5.80. The van der Waals surface area contributed by atoms with Crippen molar-refractivity contribution in [3.63, 3.8) is 0 Å². The number of rotatable bonds is 5. The van der Waals surface area contributed by atoms with Crippen LogP contribution in [-0.2, 0) is 25.9 Å². The van der Waals surface area contributed by atoms with Crippen LogP contribution in [0.2, 0.25) is 5.02 Å². The van der Waals surface area contributed by atoms with Gasteiger partial charge >= 0.3 is 15.5 Å². The van der Waals surface area contributed by atoms with Crippen LogP contribution in [0.3, 0.4) is 0 Å². The molecule has 1 atom stereocenters. The van der Waals surface area contributed by atoms with Gasteiger partial charge in [0.2, 0.25) is 0 Å². The van der Waals surface area contributed by atoms with Crippen LogP contribution in [0.4, 0.5) is 22.0 Å². The number of benzene rings is 2. The quantitative estimate of drug-likeness (QED) is 0.458. The Morgan fingerprint density at radius 1 is 1.13 bits per heavy atom. The Morgan fingerprint density at radius 2 is 1.70 bits per heavy atom. The van der Waals surface area contributed by atoms with Gasteiger partial charge in [-0.05, 0) is 53.6 Å². The summed E-state index contributed by atoms with van der Waals surface area (Å²) in [6, 6.07) is 6.99. The van der Waals surface area contributed by atoms with E-state index in [9.17, 15) is 34.9 Å². The summed E-state index contributed by atoms with van der Waals surface area (Å²) in [7, 11) is -4.88. The highest BCUT2D eigenvalue weighted by Crippen LogP contribution is 2.54. The summed E-state index contributed by atoms with van der Waals surface area (Å²) in [4.78, 5) is 0.197. The van der Waals surface area contributed by atoms with Gasteiger partial charge in [0.1, 0.15) is 11.6 Å². The van der Waals surface area contributed by atoms with Crippen LogP contribution < -0.4 is 0 Å². The Hall–Kier alpha value is -1.40. The molecule has 164 valence electrons. The summed E-state index contributed by atoms with van der Waals surface area (Å²) in [6.07, 6.45) is -0.789. The molecule has 0 N–H and O–H groups in total. The molecule has 0 amide bonds. The van der Waals surface area contributed by atoms with Crippen molar-refractivity contribution >= 4 is 32.8 Å². The normalized spacial score (nSPS) is 23.3. The minimum atomic E-state index is -5.63. The molecule has 1 unspecified atom stereocenters. The lowest BCUT2D eigenvalue weighted by Crippen LogP contribution is -2.59. The van der Waals surface area contributed by atoms with E-state index in [0.717, 1.165) is 25.2 Å². The monoisotopic (exact) mass is 487 g/mol. The SMILES string of the molecule is CN(C1CC(c2cc(F)ccc2F)([S+]([O-])c2ccc(Cl)cc2)C1)S(=O)(=O)C(F)(F)F. The highest BCUT2D eigenvalue weighted by atomic mass is 35.5. The Morgan fingerprint density at radius 3 is 2.23 bits per heavy atom. The first kappa shape index (κ1) is 23.3. The number of nitrogens with zero attached hydrogens (tertiary/aromatic N) is 1. The fraction of sp³-hybridized carbons (Fsp3) is 0.333. The average Bonchev–Trinajstić information content (AvgIpc) is 2.62. The van der Waals surface area contributed by atoms with E-state index in [4.69, 9.17) is 11.6 Å². The predicted molar refractivity (Wildman–Crippen MR) is 102 cm³/mol. The van der Waals surface area contributed by atoms with Gasteiger partial charge in [-0.2, -0.15) is 17.5 Å². The molecular formula is C18H15ClF5NO3S2.